The van der Waals surface area contributed by atoms with Gasteiger partial charge >= 0.3 is 6.18 Å². The van der Waals surface area contributed by atoms with Crippen molar-refractivity contribution in [3.8, 4) is 5.75 Å². The standard InChI is InChI=1S/C26H27F3N4O4/c1-15(22(30)34)17(11-12-26(27,28)29)24(35)32-23-25(36)33-13-6-14-37-19-10-5-9-18(21(19)33)20(31-23)16-7-3-2-4-8-16/h2-5,7-10,15,17,23H,6,11-14H2,1H3,(H2,30,34)(H,32,35)/t15-,17+,23+/m0/s1. The van der Waals surface area contributed by atoms with Crippen LogP contribution in [0.3, 0.4) is 0 Å². The number of aliphatic imine (C=N–C) groups is 1. The summed E-state index contributed by atoms with van der Waals surface area (Å²) in [6.45, 7) is 1.97. The summed E-state index contributed by atoms with van der Waals surface area (Å²) in [5, 5.41) is 2.51. The number of alkyl halides is 3. The molecule has 0 radical (unpaired) electrons. The van der Waals surface area contributed by atoms with Crippen LogP contribution in [0.5, 0.6) is 5.75 Å². The summed E-state index contributed by atoms with van der Waals surface area (Å²) in [5.41, 5.74) is 7.55. The van der Waals surface area contributed by atoms with Crippen LogP contribution in [0.15, 0.2) is 53.5 Å². The predicted octanol–water partition coefficient (Wildman–Crippen LogP) is 3.18. The summed E-state index contributed by atoms with van der Waals surface area (Å²) < 4.78 is 44.7. The van der Waals surface area contributed by atoms with Crippen LogP contribution in [-0.4, -0.2) is 48.9 Å². The number of halogens is 3. The third-order valence-electron chi connectivity index (χ3n) is 6.52. The maximum Gasteiger partial charge on any atom is 0.389 e. The molecule has 0 aliphatic carbocycles. The number of carbonyl (C=O) groups excluding carboxylic acids is 3. The van der Waals surface area contributed by atoms with Crippen molar-refractivity contribution in [2.24, 2.45) is 22.6 Å². The number of hydrogen-bond donors (Lipinski definition) is 2. The number of amides is 3. The van der Waals surface area contributed by atoms with Gasteiger partial charge < -0.3 is 20.7 Å². The van der Waals surface area contributed by atoms with Gasteiger partial charge in [0, 0.05) is 35.9 Å². The van der Waals surface area contributed by atoms with Crippen molar-refractivity contribution in [3.05, 3.63) is 59.7 Å². The fraction of sp³-hybridized carbons (Fsp3) is 0.385. The van der Waals surface area contributed by atoms with Crippen molar-refractivity contribution in [1.29, 1.82) is 0 Å². The lowest BCUT2D eigenvalue weighted by Gasteiger charge is -2.26. The molecule has 0 saturated carbocycles. The Balaban J connectivity index is 1.75. The van der Waals surface area contributed by atoms with E-state index >= 15 is 0 Å². The first-order valence-electron chi connectivity index (χ1n) is 11.9. The number of rotatable bonds is 7. The van der Waals surface area contributed by atoms with E-state index in [2.05, 4.69) is 10.3 Å². The van der Waals surface area contributed by atoms with Gasteiger partial charge in [0.25, 0.3) is 5.91 Å². The smallest absolute Gasteiger partial charge is 0.389 e. The van der Waals surface area contributed by atoms with E-state index in [-0.39, 0.29) is 0 Å². The molecule has 0 saturated heterocycles. The van der Waals surface area contributed by atoms with Crippen molar-refractivity contribution in [2.45, 2.75) is 38.5 Å². The normalized spacial score (nSPS) is 18.9. The molecule has 37 heavy (non-hydrogen) atoms. The predicted molar refractivity (Wildman–Crippen MR) is 130 cm³/mol. The number of nitrogens with zero attached hydrogens (tertiary/aromatic N) is 2. The minimum Gasteiger partial charge on any atom is -0.491 e. The van der Waals surface area contributed by atoms with Crippen LogP contribution >= 0.6 is 0 Å². The van der Waals surface area contributed by atoms with E-state index in [0.29, 0.717) is 47.8 Å². The maximum atomic E-state index is 13.7. The van der Waals surface area contributed by atoms with Crippen molar-refractivity contribution < 1.29 is 32.3 Å². The minimum atomic E-state index is -4.53. The SMILES string of the molecule is C[C@H](C(N)=O)[C@@H](CCC(F)(F)F)C(=O)N[C@H]1N=C(c2ccccc2)c2cccc3c2N(CCCO3)C1=O. The summed E-state index contributed by atoms with van der Waals surface area (Å²) in [7, 11) is 0. The fourth-order valence-corrected chi connectivity index (χ4v) is 4.53. The number of benzene rings is 2. The van der Waals surface area contributed by atoms with Crippen LogP contribution in [-0.2, 0) is 14.4 Å². The second-order valence-corrected chi connectivity index (χ2v) is 9.05. The largest absolute Gasteiger partial charge is 0.491 e. The van der Waals surface area contributed by atoms with Crippen LogP contribution < -0.4 is 20.7 Å². The average molecular weight is 517 g/mol. The van der Waals surface area contributed by atoms with Crippen molar-refractivity contribution in [3.63, 3.8) is 0 Å². The van der Waals surface area contributed by atoms with Gasteiger partial charge in [0.05, 0.1) is 18.0 Å². The molecule has 0 aromatic heterocycles. The molecule has 3 amide bonds. The molecule has 4 rings (SSSR count). The summed E-state index contributed by atoms with van der Waals surface area (Å²) >= 11 is 0. The number of para-hydroxylation sites is 1. The maximum absolute atomic E-state index is 13.7. The molecule has 0 fully saturated rings. The molecule has 8 nitrogen and oxygen atoms in total. The molecular formula is C26H27F3N4O4. The van der Waals surface area contributed by atoms with Crippen LogP contribution in [0.4, 0.5) is 18.9 Å². The van der Waals surface area contributed by atoms with E-state index < -0.39 is 54.7 Å². The first kappa shape index (κ1) is 26.2. The van der Waals surface area contributed by atoms with Crippen LogP contribution in [0.1, 0.15) is 37.3 Å². The van der Waals surface area contributed by atoms with Crippen LogP contribution in [0.2, 0.25) is 0 Å². The highest BCUT2D eigenvalue weighted by Gasteiger charge is 2.39. The van der Waals surface area contributed by atoms with Gasteiger partial charge in [0.15, 0.2) is 0 Å². The fourth-order valence-electron chi connectivity index (χ4n) is 4.53. The van der Waals surface area contributed by atoms with Gasteiger partial charge in [-0.2, -0.15) is 13.2 Å². The highest BCUT2D eigenvalue weighted by Crippen LogP contribution is 2.38. The molecule has 0 bridgehead atoms. The molecule has 196 valence electrons. The summed E-state index contributed by atoms with van der Waals surface area (Å²) in [6.07, 6.45) is -7.38. The van der Waals surface area contributed by atoms with Gasteiger partial charge in [-0.1, -0.05) is 49.4 Å². The van der Waals surface area contributed by atoms with E-state index in [4.69, 9.17) is 10.5 Å². The first-order valence-corrected chi connectivity index (χ1v) is 11.9. The molecule has 3 N–H and O–H groups in total. The Morgan fingerprint density at radius 1 is 1.19 bits per heavy atom. The Morgan fingerprint density at radius 2 is 1.92 bits per heavy atom. The average Bonchev–Trinajstić information content (AvgIpc) is 3.14. The van der Waals surface area contributed by atoms with Gasteiger partial charge in [0.2, 0.25) is 18.0 Å². The van der Waals surface area contributed by atoms with E-state index in [1.807, 2.05) is 6.07 Å². The quantitative estimate of drug-likeness (QED) is 0.588. The topological polar surface area (TPSA) is 114 Å². The molecule has 0 unspecified atom stereocenters. The minimum absolute atomic E-state index is 0.294. The Bertz CT molecular complexity index is 1220. The number of primary amides is 1. The Hall–Kier alpha value is -3.89. The van der Waals surface area contributed by atoms with Crippen molar-refractivity contribution in [1.82, 2.24) is 5.32 Å². The van der Waals surface area contributed by atoms with Gasteiger partial charge in [-0.3, -0.25) is 14.4 Å². The van der Waals surface area contributed by atoms with Gasteiger partial charge in [-0.05, 0) is 18.9 Å². The number of carbonyl (C=O) groups is 3. The Morgan fingerprint density at radius 3 is 2.59 bits per heavy atom. The highest BCUT2D eigenvalue weighted by atomic mass is 19.4. The number of ether oxygens (including phenoxy) is 1. The van der Waals surface area contributed by atoms with E-state index in [9.17, 15) is 27.6 Å². The van der Waals surface area contributed by atoms with Crippen LogP contribution in [0, 0.1) is 11.8 Å². The molecule has 2 aliphatic rings. The molecule has 2 aliphatic heterocycles. The molecule has 2 aromatic carbocycles. The number of hydrogen-bond acceptors (Lipinski definition) is 5. The second kappa shape index (κ2) is 10.6. The number of nitrogens with two attached hydrogens (primary N) is 1. The molecule has 2 heterocycles. The summed E-state index contributed by atoms with van der Waals surface area (Å²) in [6, 6.07) is 14.3. The molecule has 0 spiro atoms. The number of anilines is 1. The van der Waals surface area contributed by atoms with Gasteiger partial charge in [-0.15, -0.1) is 0 Å². The Kier molecular flexibility index (Phi) is 7.51. The molecule has 3 atom stereocenters. The Labute approximate surface area is 211 Å². The molecule has 11 heteroatoms. The molecule has 2 aromatic rings. The van der Waals surface area contributed by atoms with Crippen molar-refractivity contribution >= 4 is 29.1 Å². The van der Waals surface area contributed by atoms with E-state index in [1.165, 1.54) is 11.8 Å². The van der Waals surface area contributed by atoms with Gasteiger partial charge in [-0.25, -0.2) is 4.99 Å². The molecular weight excluding hydrogens is 489 g/mol. The zero-order chi connectivity index (χ0) is 26.7. The van der Waals surface area contributed by atoms with Crippen molar-refractivity contribution in [2.75, 3.05) is 18.1 Å². The van der Waals surface area contributed by atoms with Crippen LogP contribution in [0.25, 0.3) is 0 Å². The zero-order valence-electron chi connectivity index (χ0n) is 20.1. The third kappa shape index (κ3) is 5.76. The summed E-state index contributed by atoms with van der Waals surface area (Å²) in [4.78, 5) is 44.8. The van der Waals surface area contributed by atoms with Gasteiger partial charge in [0.1, 0.15) is 5.75 Å². The first-order chi connectivity index (χ1) is 17.6. The monoisotopic (exact) mass is 516 g/mol. The lowest BCUT2D eigenvalue weighted by Crippen LogP contribution is -2.50. The second-order valence-electron chi connectivity index (χ2n) is 9.05. The summed E-state index contributed by atoms with van der Waals surface area (Å²) in [5.74, 6) is -4.46. The highest BCUT2D eigenvalue weighted by molar-refractivity contribution is 6.21. The lowest BCUT2D eigenvalue weighted by molar-refractivity contribution is -0.146. The third-order valence-corrected chi connectivity index (χ3v) is 6.52. The van der Waals surface area contributed by atoms with E-state index in [0.717, 1.165) is 0 Å². The number of nitrogens with one attached hydrogen (secondary N) is 1. The van der Waals surface area contributed by atoms with E-state index in [1.54, 1.807) is 42.5 Å². The zero-order valence-corrected chi connectivity index (χ0v) is 20.1. The lowest BCUT2D eigenvalue weighted by atomic mass is 9.88.